The number of furan rings is 1. The maximum Gasteiger partial charge on any atom is 0.305 e. The molecule has 2 rings (SSSR count). The molecule has 7 heteroatoms. The Bertz CT molecular complexity index is 684. The highest BCUT2D eigenvalue weighted by molar-refractivity contribution is 9.10. The smallest absolute Gasteiger partial charge is 0.305 e. The van der Waals surface area contributed by atoms with Crippen LogP contribution in [0.2, 0.25) is 0 Å². The van der Waals surface area contributed by atoms with Crippen molar-refractivity contribution >= 4 is 27.7 Å². The van der Waals surface area contributed by atoms with Gasteiger partial charge in [0.1, 0.15) is 11.5 Å². The van der Waals surface area contributed by atoms with Gasteiger partial charge in [0.05, 0.1) is 0 Å². The van der Waals surface area contributed by atoms with E-state index in [0.717, 1.165) is 4.47 Å². The van der Waals surface area contributed by atoms with Gasteiger partial charge < -0.3 is 9.15 Å². The molecule has 1 atom stereocenters. The number of hydrazine groups is 1. The molecule has 0 saturated carbocycles. The predicted molar refractivity (Wildman–Crippen MR) is 83.3 cm³/mol. The Morgan fingerprint density at radius 3 is 2.64 bits per heavy atom. The van der Waals surface area contributed by atoms with E-state index < -0.39 is 17.9 Å². The van der Waals surface area contributed by atoms with E-state index in [4.69, 9.17) is 9.15 Å². The number of carbonyl (C=O) groups is 2. The number of halogens is 1. The fourth-order valence-corrected chi connectivity index (χ4v) is 2.01. The Morgan fingerprint density at radius 2 is 2.00 bits per heavy atom. The van der Waals surface area contributed by atoms with Crippen LogP contribution in [0, 0.1) is 6.92 Å². The van der Waals surface area contributed by atoms with Gasteiger partial charge in [-0.2, -0.15) is 0 Å². The van der Waals surface area contributed by atoms with Crippen LogP contribution in [-0.2, 0) is 4.79 Å². The monoisotopic (exact) mass is 366 g/mol. The second-order valence-corrected chi connectivity index (χ2v) is 5.49. The zero-order valence-corrected chi connectivity index (χ0v) is 13.6. The summed E-state index contributed by atoms with van der Waals surface area (Å²) < 4.78 is 11.5. The fourth-order valence-electron chi connectivity index (χ4n) is 1.64. The van der Waals surface area contributed by atoms with Crippen molar-refractivity contribution in [2.24, 2.45) is 0 Å². The summed E-state index contributed by atoms with van der Waals surface area (Å²) in [6.45, 7) is 3.31. The molecule has 0 bridgehead atoms. The van der Waals surface area contributed by atoms with Gasteiger partial charge in [-0.05, 0) is 44.2 Å². The normalized spacial score (nSPS) is 11.6. The zero-order chi connectivity index (χ0) is 16.1. The van der Waals surface area contributed by atoms with Gasteiger partial charge in [0.15, 0.2) is 11.9 Å². The number of amides is 2. The van der Waals surface area contributed by atoms with Crippen LogP contribution in [0.15, 0.2) is 45.3 Å². The zero-order valence-electron chi connectivity index (χ0n) is 12.1. The Morgan fingerprint density at radius 1 is 1.23 bits per heavy atom. The molecule has 2 aromatic rings. The first-order valence-corrected chi connectivity index (χ1v) is 7.34. The van der Waals surface area contributed by atoms with Crippen molar-refractivity contribution in [1.82, 2.24) is 10.9 Å². The topological polar surface area (TPSA) is 80.6 Å². The first-order valence-electron chi connectivity index (χ1n) is 6.54. The molecule has 116 valence electrons. The van der Waals surface area contributed by atoms with Gasteiger partial charge >= 0.3 is 5.91 Å². The summed E-state index contributed by atoms with van der Waals surface area (Å²) in [6.07, 6.45) is -0.770. The summed E-state index contributed by atoms with van der Waals surface area (Å²) >= 11 is 3.32. The van der Waals surface area contributed by atoms with E-state index in [9.17, 15) is 9.59 Å². The summed E-state index contributed by atoms with van der Waals surface area (Å²) in [5.41, 5.74) is 4.56. The lowest BCUT2D eigenvalue weighted by atomic mass is 10.3. The summed E-state index contributed by atoms with van der Waals surface area (Å²) in [6, 6.07) is 10.3. The molecule has 0 aliphatic rings. The molecule has 2 N–H and O–H groups in total. The van der Waals surface area contributed by atoms with Gasteiger partial charge in [0.25, 0.3) is 5.91 Å². The van der Waals surface area contributed by atoms with Crippen LogP contribution in [0.5, 0.6) is 5.75 Å². The highest BCUT2D eigenvalue weighted by Gasteiger charge is 2.17. The molecular weight excluding hydrogens is 352 g/mol. The van der Waals surface area contributed by atoms with E-state index in [0.29, 0.717) is 11.5 Å². The van der Waals surface area contributed by atoms with Crippen molar-refractivity contribution in [3.8, 4) is 5.75 Å². The molecule has 1 unspecified atom stereocenters. The molecule has 0 aliphatic carbocycles. The van der Waals surface area contributed by atoms with Gasteiger partial charge in [-0.3, -0.25) is 20.4 Å². The van der Waals surface area contributed by atoms with Gasteiger partial charge in [-0.25, -0.2) is 0 Å². The van der Waals surface area contributed by atoms with Gasteiger partial charge in [-0.1, -0.05) is 22.0 Å². The van der Waals surface area contributed by atoms with Gasteiger partial charge in [-0.15, -0.1) is 0 Å². The summed E-state index contributed by atoms with van der Waals surface area (Å²) in [4.78, 5) is 23.6. The number of ether oxygens (including phenoxy) is 1. The van der Waals surface area contributed by atoms with Crippen molar-refractivity contribution in [3.63, 3.8) is 0 Å². The number of hydrogen-bond donors (Lipinski definition) is 2. The molecule has 1 heterocycles. The second-order valence-electron chi connectivity index (χ2n) is 4.57. The van der Waals surface area contributed by atoms with E-state index in [1.807, 2.05) is 6.07 Å². The summed E-state index contributed by atoms with van der Waals surface area (Å²) in [7, 11) is 0. The average Bonchev–Trinajstić information content (AvgIpc) is 2.91. The lowest BCUT2D eigenvalue weighted by Crippen LogP contribution is -2.47. The number of nitrogens with one attached hydrogen (secondary N) is 2. The van der Waals surface area contributed by atoms with Crippen LogP contribution < -0.4 is 15.6 Å². The Hall–Kier alpha value is -2.28. The van der Waals surface area contributed by atoms with Crippen molar-refractivity contribution in [2.45, 2.75) is 20.0 Å². The van der Waals surface area contributed by atoms with Crippen molar-refractivity contribution < 1.29 is 18.7 Å². The van der Waals surface area contributed by atoms with Crippen LogP contribution in [0.3, 0.4) is 0 Å². The lowest BCUT2D eigenvalue weighted by Gasteiger charge is -2.15. The van der Waals surface area contributed by atoms with Crippen LogP contribution in [0.25, 0.3) is 0 Å². The van der Waals surface area contributed by atoms with Crippen LogP contribution in [0.1, 0.15) is 23.2 Å². The highest BCUT2D eigenvalue weighted by atomic mass is 79.9. The SMILES string of the molecule is Cc1ccc(C(=O)NNC(=O)C(C)Oc2cccc(Br)c2)o1. The first kappa shape index (κ1) is 16.1. The lowest BCUT2D eigenvalue weighted by molar-refractivity contribution is -0.128. The van der Waals surface area contributed by atoms with Crippen LogP contribution in [-0.4, -0.2) is 17.9 Å². The molecule has 1 aromatic carbocycles. The number of rotatable bonds is 4. The number of benzene rings is 1. The molecule has 0 saturated heterocycles. The summed E-state index contributed by atoms with van der Waals surface area (Å²) in [5.74, 6) is 0.277. The third-order valence-corrected chi connectivity index (χ3v) is 3.23. The van der Waals surface area contributed by atoms with Crippen LogP contribution >= 0.6 is 15.9 Å². The van der Waals surface area contributed by atoms with E-state index in [1.54, 1.807) is 38.1 Å². The Kier molecular flexibility index (Phi) is 5.21. The molecule has 22 heavy (non-hydrogen) atoms. The van der Waals surface area contributed by atoms with E-state index in [1.165, 1.54) is 6.07 Å². The average molecular weight is 367 g/mol. The molecule has 0 fully saturated rings. The standard InChI is InChI=1S/C15H15BrN2O4/c1-9-6-7-13(21-9)15(20)18-17-14(19)10(2)22-12-5-3-4-11(16)8-12/h3-8,10H,1-2H3,(H,17,19)(H,18,20). The molecule has 1 aromatic heterocycles. The molecular formula is C15H15BrN2O4. The highest BCUT2D eigenvalue weighted by Crippen LogP contribution is 2.18. The molecule has 0 radical (unpaired) electrons. The minimum Gasteiger partial charge on any atom is -0.481 e. The minimum atomic E-state index is -0.770. The van der Waals surface area contributed by atoms with Gasteiger partial charge in [0, 0.05) is 4.47 Å². The van der Waals surface area contributed by atoms with E-state index in [-0.39, 0.29) is 5.76 Å². The predicted octanol–water partition coefficient (Wildman–Crippen LogP) is 2.58. The third kappa shape index (κ3) is 4.36. The molecule has 0 aliphatic heterocycles. The maximum absolute atomic E-state index is 11.9. The quantitative estimate of drug-likeness (QED) is 0.814. The maximum atomic E-state index is 11.9. The number of aryl methyl sites for hydroxylation is 1. The second kappa shape index (κ2) is 7.13. The molecule has 6 nitrogen and oxygen atoms in total. The van der Waals surface area contributed by atoms with Crippen molar-refractivity contribution in [3.05, 3.63) is 52.4 Å². The fraction of sp³-hybridized carbons (Fsp3) is 0.200. The first-order chi connectivity index (χ1) is 10.5. The number of hydrogen-bond acceptors (Lipinski definition) is 4. The largest absolute Gasteiger partial charge is 0.481 e. The molecule has 2 amide bonds. The van der Waals surface area contributed by atoms with Crippen molar-refractivity contribution in [2.75, 3.05) is 0 Å². The minimum absolute atomic E-state index is 0.123. The van der Waals surface area contributed by atoms with Crippen molar-refractivity contribution in [1.29, 1.82) is 0 Å². The number of carbonyl (C=O) groups excluding carboxylic acids is 2. The van der Waals surface area contributed by atoms with Crippen LogP contribution in [0.4, 0.5) is 0 Å². The molecule has 0 spiro atoms. The van der Waals surface area contributed by atoms with Gasteiger partial charge in [0.2, 0.25) is 0 Å². The third-order valence-electron chi connectivity index (χ3n) is 2.74. The Balaban J connectivity index is 1.85. The van der Waals surface area contributed by atoms with E-state index in [2.05, 4.69) is 26.8 Å². The van der Waals surface area contributed by atoms with E-state index >= 15 is 0 Å². The summed E-state index contributed by atoms with van der Waals surface area (Å²) in [5, 5.41) is 0. The Labute approximate surface area is 135 Å².